The molecule has 6 heteroatoms. The van der Waals surface area contributed by atoms with Gasteiger partial charge >= 0.3 is 6.09 Å². The van der Waals surface area contributed by atoms with E-state index < -0.39 is 11.6 Å². The number of H-pyrrole nitrogens is 1. The molecule has 6 nitrogen and oxygen atoms in total. The number of carbonyl (C=O) groups excluding carboxylic acids is 2. The van der Waals surface area contributed by atoms with Gasteiger partial charge in [-0.05, 0) is 43.0 Å². The molecule has 1 aliphatic carbocycles. The van der Waals surface area contributed by atoms with Crippen LogP contribution >= 0.6 is 0 Å². The van der Waals surface area contributed by atoms with Crippen molar-refractivity contribution in [2.24, 2.45) is 0 Å². The lowest BCUT2D eigenvalue weighted by Gasteiger charge is -2.36. The van der Waals surface area contributed by atoms with Crippen molar-refractivity contribution >= 4 is 22.9 Å². The summed E-state index contributed by atoms with van der Waals surface area (Å²) >= 11 is 0. The Hall–Kier alpha value is -3.28. The molecule has 2 amide bonds. The van der Waals surface area contributed by atoms with E-state index in [1.54, 1.807) is 24.3 Å². The molecule has 0 saturated heterocycles. The van der Waals surface area contributed by atoms with E-state index in [0.29, 0.717) is 25.1 Å². The van der Waals surface area contributed by atoms with Crippen molar-refractivity contribution in [1.29, 1.82) is 0 Å². The van der Waals surface area contributed by atoms with Crippen LogP contribution in [0.3, 0.4) is 0 Å². The summed E-state index contributed by atoms with van der Waals surface area (Å²) in [5.41, 5.74) is 1.34. The van der Waals surface area contributed by atoms with Crippen LogP contribution in [-0.4, -0.2) is 29.1 Å². The normalized spacial score (nSPS) is 15.5. The second-order valence-electron chi connectivity index (χ2n) is 7.84. The summed E-state index contributed by atoms with van der Waals surface area (Å²) in [6, 6.07) is 17.0. The van der Waals surface area contributed by atoms with Gasteiger partial charge in [0.1, 0.15) is 11.3 Å². The van der Waals surface area contributed by atoms with Gasteiger partial charge in [0.25, 0.3) is 0 Å². The number of hydrogen-bond donors (Lipinski definition) is 3. The quantitative estimate of drug-likeness (QED) is 0.571. The van der Waals surface area contributed by atoms with Gasteiger partial charge in [-0.1, -0.05) is 55.7 Å². The van der Waals surface area contributed by atoms with Crippen LogP contribution in [0.15, 0.2) is 60.8 Å². The lowest BCUT2D eigenvalue weighted by Crippen LogP contribution is -2.60. The summed E-state index contributed by atoms with van der Waals surface area (Å²) < 4.78 is 5.37. The highest BCUT2D eigenvalue weighted by Crippen LogP contribution is 2.29. The first-order valence-corrected chi connectivity index (χ1v) is 10.5. The Bertz CT molecular complexity index is 1010. The van der Waals surface area contributed by atoms with Gasteiger partial charge in [0.2, 0.25) is 5.91 Å². The second-order valence-corrected chi connectivity index (χ2v) is 7.84. The lowest BCUT2D eigenvalue weighted by atomic mass is 9.81. The minimum Gasteiger partial charge on any atom is -0.410 e. The Morgan fingerprint density at radius 1 is 0.967 bits per heavy atom. The Balaban J connectivity index is 1.38. The molecule has 1 saturated carbocycles. The van der Waals surface area contributed by atoms with Gasteiger partial charge in [0.05, 0.1) is 0 Å². The molecule has 3 aromatic rings. The average molecular weight is 405 g/mol. The number of nitrogens with one attached hydrogen (secondary N) is 3. The van der Waals surface area contributed by atoms with Gasteiger partial charge in [-0.25, -0.2) is 4.79 Å². The smallest absolute Gasteiger partial charge is 0.410 e. The molecule has 1 aromatic heterocycles. The van der Waals surface area contributed by atoms with E-state index in [-0.39, 0.29) is 5.91 Å². The summed E-state index contributed by atoms with van der Waals surface area (Å²) in [7, 11) is 0. The lowest BCUT2D eigenvalue weighted by molar-refractivity contribution is -0.128. The fourth-order valence-electron chi connectivity index (χ4n) is 4.20. The van der Waals surface area contributed by atoms with Gasteiger partial charge in [-0.15, -0.1) is 0 Å². The first-order chi connectivity index (χ1) is 14.7. The summed E-state index contributed by atoms with van der Waals surface area (Å²) in [5.74, 6) is 0.327. The van der Waals surface area contributed by atoms with Gasteiger partial charge < -0.3 is 20.4 Å². The average Bonchev–Trinajstić information content (AvgIpc) is 3.18. The highest BCUT2D eigenvalue weighted by Gasteiger charge is 2.41. The fourth-order valence-corrected chi connectivity index (χ4v) is 4.20. The molecule has 0 spiro atoms. The zero-order valence-corrected chi connectivity index (χ0v) is 16.9. The standard InChI is InChI=1S/C24H27N3O3/c28-22(25-16-13-18-17-26-21-12-6-5-11-20(18)21)24(14-7-2-8-15-24)27-23(29)30-19-9-3-1-4-10-19/h1,3-6,9-12,17,26H,2,7-8,13-16H2,(H,25,28)(H,27,29). The molecule has 1 aliphatic rings. The van der Waals surface area contributed by atoms with Gasteiger partial charge in [-0.3, -0.25) is 4.79 Å². The van der Waals surface area contributed by atoms with Crippen molar-refractivity contribution in [3.8, 4) is 5.75 Å². The molecule has 3 N–H and O–H groups in total. The van der Waals surface area contributed by atoms with E-state index >= 15 is 0 Å². The first kappa shape index (κ1) is 20.0. The van der Waals surface area contributed by atoms with Crippen LogP contribution in [-0.2, 0) is 11.2 Å². The third-order valence-corrected chi connectivity index (χ3v) is 5.79. The van der Waals surface area contributed by atoms with E-state index in [1.807, 2.05) is 30.5 Å². The number of para-hydroxylation sites is 2. The Labute approximate surface area is 176 Å². The topological polar surface area (TPSA) is 83.2 Å². The third-order valence-electron chi connectivity index (χ3n) is 5.79. The molecule has 0 bridgehead atoms. The zero-order chi connectivity index (χ0) is 20.8. The molecule has 156 valence electrons. The molecule has 30 heavy (non-hydrogen) atoms. The van der Waals surface area contributed by atoms with E-state index in [2.05, 4.69) is 21.7 Å². The minimum absolute atomic E-state index is 0.132. The molecule has 1 heterocycles. The number of hydrogen-bond acceptors (Lipinski definition) is 3. The minimum atomic E-state index is -0.912. The summed E-state index contributed by atoms with van der Waals surface area (Å²) in [6.07, 6.45) is 6.24. The summed E-state index contributed by atoms with van der Waals surface area (Å²) in [5, 5.41) is 7.09. The molecule has 0 unspecified atom stereocenters. The number of benzene rings is 2. The molecule has 2 aromatic carbocycles. The number of rotatable bonds is 6. The molecule has 0 aliphatic heterocycles. The van der Waals surface area contributed by atoms with Gasteiger partial charge in [-0.2, -0.15) is 0 Å². The van der Waals surface area contributed by atoms with Crippen molar-refractivity contribution in [3.05, 3.63) is 66.4 Å². The SMILES string of the molecule is O=C(NC1(C(=O)NCCc2c[nH]c3ccccc23)CCCCC1)Oc1ccccc1. The first-order valence-electron chi connectivity index (χ1n) is 10.5. The summed E-state index contributed by atoms with van der Waals surface area (Å²) in [6.45, 7) is 0.512. The molecule has 4 rings (SSSR count). The van der Waals surface area contributed by atoms with E-state index in [1.165, 1.54) is 10.9 Å². The maximum Gasteiger partial charge on any atom is 0.413 e. The number of carbonyl (C=O) groups is 2. The van der Waals surface area contributed by atoms with Crippen molar-refractivity contribution < 1.29 is 14.3 Å². The Morgan fingerprint density at radius 2 is 1.70 bits per heavy atom. The summed E-state index contributed by atoms with van der Waals surface area (Å²) in [4.78, 5) is 28.9. The Kier molecular flexibility index (Phi) is 6.02. The number of aromatic amines is 1. The highest BCUT2D eigenvalue weighted by atomic mass is 16.6. The van der Waals surface area contributed by atoms with Crippen LogP contribution in [0.25, 0.3) is 10.9 Å². The predicted molar refractivity (Wildman–Crippen MR) is 116 cm³/mol. The van der Waals surface area contributed by atoms with Crippen molar-refractivity contribution in [2.45, 2.75) is 44.1 Å². The molecule has 1 fully saturated rings. The van der Waals surface area contributed by atoms with Gasteiger partial charge in [0, 0.05) is 23.6 Å². The fraction of sp³-hybridized carbons (Fsp3) is 0.333. The van der Waals surface area contributed by atoms with E-state index in [9.17, 15) is 9.59 Å². The van der Waals surface area contributed by atoms with E-state index in [0.717, 1.165) is 31.2 Å². The van der Waals surface area contributed by atoms with Crippen LogP contribution < -0.4 is 15.4 Å². The van der Waals surface area contributed by atoms with Crippen LogP contribution in [0.1, 0.15) is 37.7 Å². The number of aromatic nitrogens is 1. The monoisotopic (exact) mass is 405 g/mol. The van der Waals surface area contributed by atoms with Crippen molar-refractivity contribution in [1.82, 2.24) is 15.6 Å². The number of fused-ring (bicyclic) bond motifs is 1. The number of amides is 2. The van der Waals surface area contributed by atoms with Crippen LogP contribution in [0, 0.1) is 0 Å². The van der Waals surface area contributed by atoms with Crippen LogP contribution in [0.2, 0.25) is 0 Å². The molecule has 0 radical (unpaired) electrons. The third kappa shape index (κ3) is 4.48. The Morgan fingerprint density at radius 3 is 2.50 bits per heavy atom. The number of ether oxygens (including phenoxy) is 1. The maximum absolute atomic E-state index is 13.1. The molecular formula is C24H27N3O3. The van der Waals surface area contributed by atoms with Crippen molar-refractivity contribution in [3.63, 3.8) is 0 Å². The predicted octanol–water partition coefficient (Wildman–Crippen LogP) is 4.32. The largest absolute Gasteiger partial charge is 0.413 e. The van der Waals surface area contributed by atoms with Crippen LogP contribution in [0.4, 0.5) is 4.79 Å². The van der Waals surface area contributed by atoms with Crippen molar-refractivity contribution in [2.75, 3.05) is 6.54 Å². The van der Waals surface area contributed by atoms with Crippen LogP contribution in [0.5, 0.6) is 5.75 Å². The zero-order valence-electron chi connectivity index (χ0n) is 16.9. The molecule has 0 atom stereocenters. The van der Waals surface area contributed by atoms with E-state index in [4.69, 9.17) is 4.74 Å². The highest BCUT2D eigenvalue weighted by molar-refractivity contribution is 5.90. The second kappa shape index (κ2) is 9.03. The maximum atomic E-state index is 13.1. The van der Waals surface area contributed by atoms with Gasteiger partial charge in [0.15, 0.2) is 0 Å². The molecular weight excluding hydrogens is 378 g/mol.